The van der Waals surface area contributed by atoms with Crippen molar-refractivity contribution in [2.75, 3.05) is 14.1 Å². The third-order valence-corrected chi connectivity index (χ3v) is 2.98. The van der Waals surface area contributed by atoms with Crippen LogP contribution in [0.15, 0.2) is 18.2 Å². The summed E-state index contributed by atoms with van der Waals surface area (Å²) in [5, 5.41) is 9.53. The standard InChI is InChI=1S/C12H16ClNO2/c1-8-4-5-9(6-10(8)13)11(14(2)3)7-12(15)16/h4-6,11H,7H2,1-3H3,(H,15,16). The number of carboxylic acids is 1. The molecule has 16 heavy (non-hydrogen) atoms. The van der Waals surface area contributed by atoms with Gasteiger partial charge in [-0.3, -0.25) is 4.79 Å². The smallest absolute Gasteiger partial charge is 0.305 e. The summed E-state index contributed by atoms with van der Waals surface area (Å²) >= 11 is 6.03. The highest BCUT2D eigenvalue weighted by Crippen LogP contribution is 2.26. The van der Waals surface area contributed by atoms with E-state index in [1.807, 2.05) is 44.1 Å². The molecule has 0 aliphatic rings. The Morgan fingerprint density at radius 1 is 1.50 bits per heavy atom. The molecule has 0 aromatic heterocycles. The summed E-state index contributed by atoms with van der Waals surface area (Å²) in [5.74, 6) is -0.810. The van der Waals surface area contributed by atoms with Crippen LogP contribution in [-0.2, 0) is 4.79 Å². The van der Waals surface area contributed by atoms with Crippen molar-refractivity contribution < 1.29 is 9.90 Å². The normalized spacial score (nSPS) is 12.8. The van der Waals surface area contributed by atoms with Crippen molar-refractivity contribution in [1.82, 2.24) is 4.90 Å². The summed E-state index contributed by atoms with van der Waals surface area (Å²) < 4.78 is 0. The highest BCUT2D eigenvalue weighted by atomic mass is 35.5. The monoisotopic (exact) mass is 241 g/mol. The minimum absolute atomic E-state index is 0.0758. The molecule has 0 bridgehead atoms. The quantitative estimate of drug-likeness (QED) is 0.881. The number of hydrogen-bond donors (Lipinski definition) is 1. The van der Waals surface area contributed by atoms with Crippen LogP contribution in [0.25, 0.3) is 0 Å². The Kier molecular flexibility index (Phi) is 4.33. The van der Waals surface area contributed by atoms with Gasteiger partial charge in [0.15, 0.2) is 0 Å². The number of aryl methyl sites for hydroxylation is 1. The zero-order valence-corrected chi connectivity index (χ0v) is 10.5. The van der Waals surface area contributed by atoms with E-state index in [9.17, 15) is 4.79 Å². The van der Waals surface area contributed by atoms with Gasteiger partial charge in [0.05, 0.1) is 6.42 Å². The maximum atomic E-state index is 10.8. The topological polar surface area (TPSA) is 40.5 Å². The number of hydrogen-bond acceptors (Lipinski definition) is 2. The molecule has 0 saturated carbocycles. The van der Waals surface area contributed by atoms with Crippen LogP contribution in [0.2, 0.25) is 5.02 Å². The Bertz CT molecular complexity index is 391. The van der Waals surface area contributed by atoms with Gasteiger partial charge in [-0.2, -0.15) is 0 Å². The molecule has 0 aliphatic carbocycles. The van der Waals surface area contributed by atoms with Crippen molar-refractivity contribution in [3.8, 4) is 0 Å². The fraction of sp³-hybridized carbons (Fsp3) is 0.417. The molecule has 1 rings (SSSR count). The summed E-state index contributed by atoms with van der Waals surface area (Å²) in [6, 6.07) is 5.53. The van der Waals surface area contributed by atoms with Crippen LogP contribution in [0, 0.1) is 6.92 Å². The highest BCUT2D eigenvalue weighted by Gasteiger charge is 2.18. The zero-order chi connectivity index (χ0) is 12.3. The van der Waals surface area contributed by atoms with Crippen molar-refractivity contribution in [2.45, 2.75) is 19.4 Å². The molecule has 1 N–H and O–H groups in total. The number of carbonyl (C=O) groups is 1. The van der Waals surface area contributed by atoms with E-state index >= 15 is 0 Å². The van der Waals surface area contributed by atoms with Crippen LogP contribution in [0.5, 0.6) is 0 Å². The summed E-state index contributed by atoms with van der Waals surface area (Å²) in [7, 11) is 3.72. The van der Waals surface area contributed by atoms with Gasteiger partial charge in [-0.1, -0.05) is 23.7 Å². The molecule has 88 valence electrons. The lowest BCUT2D eigenvalue weighted by Crippen LogP contribution is -2.22. The van der Waals surface area contributed by atoms with Gasteiger partial charge in [-0.05, 0) is 38.2 Å². The van der Waals surface area contributed by atoms with Gasteiger partial charge in [0.1, 0.15) is 0 Å². The van der Waals surface area contributed by atoms with Gasteiger partial charge < -0.3 is 10.0 Å². The summed E-state index contributed by atoms with van der Waals surface area (Å²) in [4.78, 5) is 12.7. The molecule has 0 spiro atoms. The number of nitrogens with zero attached hydrogens (tertiary/aromatic N) is 1. The van der Waals surface area contributed by atoms with E-state index in [-0.39, 0.29) is 12.5 Å². The van der Waals surface area contributed by atoms with E-state index in [4.69, 9.17) is 16.7 Å². The molecule has 1 unspecified atom stereocenters. The fourth-order valence-corrected chi connectivity index (χ4v) is 1.77. The van der Waals surface area contributed by atoms with E-state index in [0.717, 1.165) is 11.1 Å². The molecular weight excluding hydrogens is 226 g/mol. The summed E-state index contributed by atoms with van der Waals surface area (Å²) in [5.41, 5.74) is 1.93. The largest absolute Gasteiger partial charge is 0.481 e. The molecule has 0 saturated heterocycles. The number of benzene rings is 1. The molecular formula is C12H16ClNO2. The molecule has 0 radical (unpaired) electrons. The molecule has 3 nitrogen and oxygen atoms in total. The predicted octanol–water partition coefficient (Wildman–Crippen LogP) is 2.73. The van der Waals surface area contributed by atoms with E-state index in [1.165, 1.54) is 0 Å². The van der Waals surface area contributed by atoms with Gasteiger partial charge in [-0.15, -0.1) is 0 Å². The highest BCUT2D eigenvalue weighted by molar-refractivity contribution is 6.31. The molecule has 1 aromatic rings. The minimum Gasteiger partial charge on any atom is -0.481 e. The van der Waals surface area contributed by atoms with Gasteiger partial charge in [0.2, 0.25) is 0 Å². The molecule has 1 aromatic carbocycles. The van der Waals surface area contributed by atoms with E-state index in [2.05, 4.69) is 0 Å². The lowest BCUT2D eigenvalue weighted by molar-refractivity contribution is -0.138. The van der Waals surface area contributed by atoms with Gasteiger partial charge >= 0.3 is 5.97 Å². The molecule has 0 fully saturated rings. The first-order valence-electron chi connectivity index (χ1n) is 5.06. The first-order chi connectivity index (χ1) is 7.41. The lowest BCUT2D eigenvalue weighted by atomic mass is 10.0. The van der Waals surface area contributed by atoms with Crippen molar-refractivity contribution in [2.24, 2.45) is 0 Å². The van der Waals surface area contributed by atoms with Crippen molar-refractivity contribution in [3.05, 3.63) is 34.3 Å². The van der Waals surface area contributed by atoms with Crippen LogP contribution in [0.1, 0.15) is 23.6 Å². The zero-order valence-electron chi connectivity index (χ0n) is 9.70. The third kappa shape index (κ3) is 3.22. The Labute approximate surface area is 101 Å². The van der Waals surface area contributed by atoms with E-state index in [1.54, 1.807) is 0 Å². The fourth-order valence-electron chi connectivity index (χ4n) is 1.58. The first-order valence-corrected chi connectivity index (χ1v) is 5.44. The van der Waals surface area contributed by atoms with E-state index in [0.29, 0.717) is 5.02 Å². The molecule has 0 heterocycles. The molecule has 1 atom stereocenters. The minimum atomic E-state index is -0.810. The van der Waals surface area contributed by atoms with Crippen LogP contribution >= 0.6 is 11.6 Å². The van der Waals surface area contributed by atoms with Crippen LogP contribution in [0.4, 0.5) is 0 Å². The number of halogens is 1. The van der Waals surface area contributed by atoms with Gasteiger partial charge in [0, 0.05) is 11.1 Å². The second-order valence-electron chi connectivity index (χ2n) is 4.09. The third-order valence-electron chi connectivity index (χ3n) is 2.57. The van der Waals surface area contributed by atoms with Crippen molar-refractivity contribution in [3.63, 3.8) is 0 Å². The molecule has 0 aliphatic heterocycles. The second kappa shape index (κ2) is 5.32. The average Bonchev–Trinajstić information content (AvgIpc) is 2.18. The van der Waals surface area contributed by atoms with Crippen molar-refractivity contribution in [1.29, 1.82) is 0 Å². The first kappa shape index (κ1) is 13.0. The Morgan fingerprint density at radius 2 is 2.12 bits per heavy atom. The van der Waals surface area contributed by atoms with Gasteiger partial charge in [-0.25, -0.2) is 0 Å². The summed E-state index contributed by atoms with van der Waals surface area (Å²) in [6.45, 7) is 1.92. The lowest BCUT2D eigenvalue weighted by Gasteiger charge is -2.23. The SMILES string of the molecule is Cc1ccc(C(CC(=O)O)N(C)C)cc1Cl. The van der Waals surface area contributed by atoms with Gasteiger partial charge in [0.25, 0.3) is 0 Å². The maximum Gasteiger partial charge on any atom is 0.305 e. The number of rotatable bonds is 4. The Morgan fingerprint density at radius 3 is 2.56 bits per heavy atom. The number of aliphatic carboxylic acids is 1. The predicted molar refractivity (Wildman–Crippen MR) is 64.9 cm³/mol. The molecule has 0 amide bonds. The van der Waals surface area contributed by atoms with E-state index < -0.39 is 5.97 Å². The maximum absolute atomic E-state index is 10.8. The van der Waals surface area contributed by atoms with Crippen LogP contribution in [-0.4, -0.2) is 30.1 Å². The van der Waals surface area contributed by atoms with Crippen LogP contribution < -0.4 is 0 Å². The Balaban J connectivity index is 3.01. The summed E-state index contributed by atoms with van der Waals surface area (Å²) in [6.07, 6.45) is 0.0758. The second-order valence-corrected chi connectivity index (χ2v) is 4.49. The van der Waals surface area contributed by atoms with Crippen LogP contribution in [0.3, 0.4) is 0 Å². The number of carboxylic acid groups (broad SMARTS) is 1. The van der Waals surface area contributed by atoms with Crippen molar-refractivity contribution >= 4 is 17.6 Å². The molecule has 4 heteroatoms. The average molecular weight is 242 g/mol. The Hall–Kier alpha value is -1.06.